The number of hydrogen-bond acceptors (Lipinski definition) is 3. The number of nitriles is 1. The Morgan fingerprint density at radius 3 is 2.65 bits per heavy atom. The number of rotatable bonds is 7. The first-order chi connectivity index (χ1) is 8.22. The molecule has 0 amide bonds. The molecule has 0 saturated heterocycles. The number of hydrogen-bond donors (Lipinski definition) is 1. The molecule has 1 atom stereocenters. The first-order valence-electron chi connectivity index (χ1n) is 5.99. The van der Waals surface area contributed by atoms with E-state index in [1.165, 1.54) is 5.56 Å². The lowest BCUT2D eigenvalue weighted by atomic mass is 10.1. The van der Waals surface area contributed by atoms with E-state index in [4.69, 9.17) is 10.00 Å². The molecule has 0 fully saturated rings. The zero-order valence-corrected chi connectivity index (χ0v) is 10.2. The number of ether oxygens (including phenoxy) is 1. The van der Waals surface area contributed by atoms with Crippen molar-refractivity contribution >= 4 is 0 Å². The molecule has 0 aliphatic heterocycles. The van der Waals surface area contributed by atoms with Crippen molar-refractivity contribution < 1.29 is 9.84 Å². The lowest BCUT2D eigenvalue weighted by molar-refractivity contribution is 0.185. The number of benzene rings is 1. The van der Waals surface area contributed by atoms with Gasteiger partial charge in [0.15, 0.2) is 0 Å². The second kappa shape index (κ2) is 7.70. The minimum atomic E-state index is -0.253. The van der Waals surface area contributed by atoms with Gasteiger partial charge in [-0.15, -0.1) is 0 Å². The molecule has 0 spiro atoms. The third kappa shape index (κ3) is 5.94. The minimum absolute atomic E-state index is 0.253. The summed E-state index contributed by atoms with van der Waals surface area (Å²) in [5.74, 6) is 0.837. The van der Waals surface area contributed by atoms with E-state index in [-0.39, 0.29) is 6.10 Å². The van der Waals surface area contributed by atoms with Crippen LogP contribution in [0.2, 0.25) is 0 Å². The lowest BCUT2D eigenvalue weighted by Gasteiger charge is -2.07. The van der Waals surface area contributed by atoms with Gasteiger partial charge in [-0.3, -0.25) is 0 Å². The molecule has 0 bridgehead atoms. The molecule has 1 aromatic carbocycles. The highest BCUT2D eigenvalue weighted by atomic mass is 16.5. The number of aryl methyl sites for hydroxylation is 1. The van der Waals surface area contributed by atoms with E-state index in [0.29, 0.717) is 13.0 Å². The van der Waals surface area contributed by atoms with Crippen LogP contribution in [-0.4, -0.2) is 17.8 Å². The molecular formula is C14H19NO2. The average Bonchev–Trinajstić information content (AvgIpc) is 2.33. The van der Waals surface area contributed by atoms with Crippen molar-refractivity contribution in [2.45, 2.75) is 38.7 Å². The van der Waals surface area contributed by atoms with Crippen molar-refractivity contribution in [3.63, 3.8) is 0 Å². The van der Waals surface area contributed by atoms with Crippen LogP contribution in [0.3, 0.4) is 0 Å². The van der Waals surface area contributed by atoms with Crippen LogP contribution in [0.15, 0.2) is 24.3 Å². The molecule has 3 nitrogen and oxygen atoms in total. The maximum atomic E-state index is 9.18. The summed E-state index contributed by atoms with van der Waals surface area (Å²) in [5, 5.41) is 17.6. The predicted octanol–water partition coefficient (Wildman–Crippen LogP) is 2.68. The fraction of sp³-hybridized carbons (Fsp3) is 0.500. The molecule has 1 rings (SSSR count). The van der Waals surface area contributed by atoms with Crippen molar-refractivity contribution in [3.8, 4) is 11.8 Å². The number of unbranched alkanes of at least 4 members (excludes halogenated alkanes) is 1. The van der Waals surface area contributed by atoms with Gasteiger partial charge >= 0.3 is 0 Å². The summed E-state index contributed by atoms with van der Waals surface area (Å²) >= 11 is 0. The molecule has 0 aliphatic carbocycles. The van der Waals surface area contributed by atoms with Crippen LogP contribution in [0.25, 0.3) is 0 Å². The molecule has 3 heteroatoms. The molecule has 0 radical (unpaired) electrons. The Balaban J connectivity index is 2.32. The summed E-state index contributed by atoms with van der Waals surface area (Å²) in [6.07, 6.45) is 2.71. The van der Waals surface area contributed by atoms with Crippen LogP contribution in [0.4, 0.5) is 0 Å². The summed E-state index contributed by atoms with van der Waals surface area (Å²) in [6.45, 7) is 2.38. The fourth-order valence-electron chi connectivity index (χ4n) is 1.47. The fourth-order valence-corrected chi connectivity index (χ4v) is 1.47. The van der Waals surface area contributed by atoms with Gasteiger partial charge in [-0.1, -0.05) is 12.1 Å². The minimum Gasteiger partial charge on any atom is -0.494 e. The lowest BCUT2D eigenvalue weighted by Crippen LogP contribution is -2.01. The van der Waals surface area contributed by atoms with E-state index in [1.54, 1.807) is 6.92 Å². The van der Waals surface area contributed by atoms with Crippen LogP contribution >= 0.6 is 0 Å². The highest BCUT2D eigenvalue weighted by Gasteiger charge is 1.99. The van der Waals surface area contributed by atoms with Crippen LogP contribution in [-0.2, 0) is 6.42 Å². The Hall–Kier alpha value is -1.53. The highest BCUT2D eigenvalue weighted by molar-refractivity contribution is 5.27. The zero-order valence-electron chi connectivity index (χ0n) is 10.2. The van der Waals surface area contributed by atoms with E-state index < -0.39 is 0 Å². The third-order valence-electron chi connectivity index (χ3n) is 2.48. The van der Waals surface area contributed by atoms with Gasteiger partial charge in [0.05, 0.1) is 18.8 Å². The standard InChI is InChI=1S/C14H19NO2/c1-12(16)4-5-13-6-8-14(9-7-13)17-11-3-2-10-15/h6-9,12,16H,2-5,11H2,1H3. The van der Waals surface area contributed by atoms with E-state index >= 15 is 0 Å². The van der Waals surface area contributed by atoms with Crippen molar-refractivity contribution in [2.24, 2.45) is 0 Å². The number of nitrogens with zero attached hydrogens (tertiary/aromatic N) is 1. The maximum absolute atomic E-state index is 9.18. The van der Waals surface area contributed by atoms with Gasteiger partial charge in [-0.05, 0) is 43.9 Å². The number of aliphatic hydroxyl groups excluding tert-OH is 1. The molecule has 17 heavy (non-hydrogen) atoms. The first kappa shape index (κ1) is 13.5. The van der Waals surface area contributed by atoms with E-state index in [9.17, 15) is 5.11 Å². The van der Waals surface area contributed by atoms with Crippen molar-refractivity contribution in [2.75, 3.05) is 6.61 Å². The summed E-state index contributed by atoms with van der Waals surface area (Å²) < 4.78 is 5.49. The molecule has 1 aromatic rings. The first-order valence-corrected chi connectivity index (χ1v) is 5.99. The third-order valence-corrected chi connectivity index (χ3v) is 2.48. The Labute approximate surface area is 103 Å². The quantitative estimate of drug-likeness (QED) is 0.737. The molecule has 0 aliphatic rings. The predicted molar refractivity (Wildman–Crippen MR) is 66.8 cm³/mol. The van der Waals surface area contributed by atoms with Gasteiger partial charge in [0.25, 0.3) is 0 Å². The van der Waals surface area contributed by atoms with Gasteiger partial charge < -0.3 is 9.84 Å². The van der Waals surface area contributed by atoms with Crippen LogP contribution in [0.1, 0.15) is 31.7 Å². The van der Waals surface area contributed by atoms with Gasteiger partial charge in [-0.25, -0.2) is 0 Å². The van der Waals surface area contributed by atoms with Crippen molar-refractivity contribution in [1.29, 1.82) is 5.26 Å². The number of aliphatic hydroxyl groups is 1. The van der Waals surface area contributed by atoms with Gasteiger partial charge in [0.2, 0.25) is 0 Å². The van der Waals surface area contributed by atoms with Gasteiger partial charge in [-0.2, -0.15) is 5.26 Å². The highest BCUT2D eigenvalue weighted by Crippen LogP contribution is 2.14. The van der Waals surface area contributed by atoms with Crippen molar-refractivity contribution in [1.82, 2.24) is 0 Å². The van der Waals surface area contributed by atoms with Crippen LogP contribution in [0, 0.1) is 11.3 Å². The molecular weight excluding hydrogens is 214 g/mol. The largest absolute Gasteiger partial charge is 0.494 e. The van der Waals surface area contributed by atoms with Gasteiger partial charge in [0, 0.05) is 6.42 Å². The maximum Gasteiger partial charge on any atom is 0.119 e. The van der Waals surface area contributed by atoms with Crippen LogP contribution in [0.5, 0.6) is 5.75 Å². The van der Waals surface area contributed by atoms with Crippen LogP contribution < -0.4 is 4.74 Å². The average molecular weight is 233 g/mol. The molecule has 1 N–H and O–H groups in total. The Morgan fingerprint density at radius 2 is 2.06 bits per heavy atom. The molecule has 0 aromatic heterocycles. The second-order valence-electron chi connectivity index (χ2n) is 4.14. The second-order valence-corrected chi connectivity index (χ2v) is 4.14. The van der Waals surface area contributed by atoms with Gasteiger partial charge in [0.1, 0.15) is 5.75 Å². The SMILES string of the molecule is CC(O)CCc1ccc(OCCCC#N)cc1. The van der Waals surface area contributed by atoms with Crippen molar-refractivity contribution in [3.05, 3.63) is 29.8 Å². The summed E-state index contributed by atoms with van der Waals surface area (Å²) in [5.41, 5.74) is 1.20. The topological polar surface area (TPSA) is 53.2 Å². The summed E-state index contributed by atoms with van der Waals surface area (Å²) in [4.78, 5) is 0. The summed E-state index contributed by atoms with van der Waals surface area (Å²) in [7, 11) is 0. The monoisotopic (exact) mass is 233 g/mol. The zero-order chi connectivity index (χ0) is 12.5. The van der Waals surface area contributed by atoms with E-state index in [1.807, 2.05) is 24.3 Å². The molecule has 0 saturated carbocycles. The summed E-state index contributed by atoms with van der Waals surface area (Å²) in [6, 6.07) is 9.99. The molecule has 92 valence electrons. The Bertz CT molecular complexity index is 351. The smallest absolute Gasteiger partial charge is 0.119 e. The molecule has 1 unspecified atom stereocenters. The normalized spacial score (nSPS) is 11.8. The van der Waals surface area contributed by atoms with E-state index in [0.717, 1.165) is 25.0 Å². The van der Waals surface area contributed by atoms with E-state index in [2.05, 4.69) is 6.07 Å². The molecule has 0 heterocycles. The Kier molecular flexibility index (Phi) is 6.13. The Morgan fingerprint density at radius 1 is 1.35 bits per heavy atom.